The Balaban J connectivity index is 1.95. The number of halogens is 1. The van der Waals surface area contributed by atoms with Gasteiger partial charge in [0, 0.05) is 10.4 Å². The lowest BCUT2D eigenvalue weighted by atomic mass is 10.0. The standard InChI is InChI=1S/C23H21FN2O2S/c1-4-19-20(16-8-6-10-18(12-16)28-3)21-22(29-19)25-14(2)26(23(21)27)13-15-7-5-9-17(24)11-15/h5-12H,4,13H2,1-3H3. The Labute approximate surface area is 172 Å². The van der Waals surface area contributed by atoms with Gasteiger partial charge in [-0.15, -0.1) is 11.3 Å². The molecule has 0 bridgehead atoms. The van der Waals surface area contributed by atoms with Crippen molar-refractivity contribution in [3.05, 3.63) is 81.0 Å². The molecule has 2 aromatic heterocycles. The van der Waals surface area contributed by atoms with Gasteiger partial charge in [0.2, 0.25) is 0 Å². The van der Waals surface area contributed by atoms with Crippen molar-refractivity contribution in [3.8, 4) is 16.9 Å². The molecular formula is C23H21FN2O2S. The van der Waals surface area contributed by atoms with Crippen LogP contribution in [-0.2, 0) is 13.0 Å². The Morgan fingerprint density at radius 3 is 2.69 bits per heavy atom. The molecule has 0 aliphatic heterocycles. The first-order chi connectivity index (χ1) is 14.0. The number of ether oxygens (including phenoxy) is 1. The number of benzene rings is 2. The highest BCUT2D eigenvalue weighted by molar-refractivity contribution is 7.19. The third-order valence-corrected chi connectivity index (χ3v) is 6.21. The molecule has 0 aliphatic rings. The average Bonchev–Trinajstić information content (AvgIpc) is 3.09. The van der Waals surface area contributed by atoms with Gasteiger partial charge in [-0.25, -0.2) is 9.37 Å². The van der Waals surface area contributed by atoms with Crippen LogP contribution in [0.2, 0.25) is 0 Å². The number of hydrogen-bond acceptors (Lipinski definition) is 4. The first-order valence-corrected chi connectivity index (χ1v) is 10.2. The van der Waals surface area contributed by atoms with Crippen molar-refractivity contribution >= 4 is 21.6 Å². The topological polar surface area (TPSA) is 44.1 Å². The summed E-state index contributed by atoms with van der Waals surface area (Å²) in [7, 11) is 1.63. The van der Waals surface area contributed by atoms with Crippen LogP contribution in [0, 0.1) is 12.7 Å². The van der Waals surface area contributed by atoms with E-state index >= 15 is 0 Å². The van der Waals surface area contributed by atoms with Crippen LogP contribution in [0.1, 0.15) is 23.2 Å². The van der Waals surface area contributed by atoms with E-state index in [2.05, 4.69) is 6.92 Å². The normalized spacial score (nSPS) is 11.2. The Morgan fingerprint density at radius 1 is 1.17 bits per heavy atom. The molecule has 4 rings (SSSR count). The van der Waals surface area contributed by atoms with Crippen LogP contribution < -0.4 is 10.3 Å². The minimum absolute atomic E-state index is 0.106. The highest BCUT2D eigenvalue weighted by Crippen LogP contribution is 2.37. The monoisotopic (exact) mass is 408 g/mol. The molecule has 6 heteroatoms. The summed E-state index contributed by atoms with van der Waals surface area (Å²) < 4.78 is 20.6. The summed E-state index contributed by atoms with van der Waals surface area (Å²) in [5.74, 6) is 1.04. The molecule has 0 saturated carbocycles. The maximum absolute atomic E-state index is 13.6. The van der Waals surface area contributed by atoms with Crippen molar-refractivity contribution in [1.29, 1.82) is 0 Å². The molecule has 0 saturated heterocycles. The van der Waals surface area contributed by atoms with E-state index in [-0.39, 0.29) is 17.9 Å². The Morgan fingerprint density at radius 2 is 1.97 bits per heavy atom. The van der Waals surface area contributed by atoms with E-state index in [4.69, 9.17) is 9.72 Å². The predicted octanol–water partition coefficient (Wildman–Crippen LogP) is 5.19. The number of hydrogen-bond donors (Lipinski definition) is 0. The zero-order chi connectivity index (χ0) is 20.5. The van der Waals surface area contributed by atoms with Crippen LogP contribution in [0.4, 0.5) is 4.39 Å². The number of fused-ring (bicyclic) bond motifs is 1. The minimum Gasteiger partial charge on any atom is -0.497 e. The number of aromatic nitrogens is 2. The van der Waals surface area contributed by atoms with Gasteiger partial charge in [-0.2, -0.15) is 0 Å². The zero-order valence-corrected chi connectivity index (χ0v) is 17.3. The Kier molecular flexibility index (Phi) is 5.20. The quantitative estimate of drug-likeness (QED) is 0.456. The van der Waals surface area contributed by atoms with Gasteiger partial charge in [-0.05, 0) is 48.7 Å². The van der Waals surface area contributed by atoms with Crippen LogP contribution in [0.5, 0.6) is 5.75 Å². The second-order valence-corrected chi connectivity index (χ2v) is 7.93. The summed E-state index contributed by atoms with van der Waals surface area (Å²) in [6.07, 6.45) is 0.802. The van der Waals surface area contributed by atoms with E-state index in [1.54, 1.807) is 29.1 Å². The fraction of sp³-hybridized carbons (Fsp3) is 0.217. The SMILES string of the molecule is CCc1sc2nc(C)n(Cc3cccc(F)c3)c(=O)c2c1-c1cccc(OC)c1. The first kappa shape index (κ1) is 19.3. The molecular weight excluding hydrogens is 387 g/mol. The van der Waals surface area contributed by atoms with Crippen LogP contribution >= 0.6 is 11.3 Å². The maximum atomic E-state index is 13.6. The fourth-order valence-electron chi connectivity index (χ4n) is 3.57. The highest BCUT2D eigenvalue weighted by Gasteiger charge is 2.20. The molecule has 2 heterocycles. The molecule has 4 nitrogen and oxygen atoms in total. The van der Waals surface area contributed by atoms with Gasteiger partial charge in [-0.1, -0.05) is 31.2 Å². The van der Waals surface area contributed by atoms with Gasteiger partial charge in [0.25, 0.3) is 5.56 Å². The third kappa shape index (κ3) is 3.56. The zero-order valence-electron chi connectivity index (χ0n) is 16.5. The average molecular weight is 408 g/mol. The number of methoxy groups -OCH3 is 1. The molecule has 0 aliphatic carbocycles. The predicted molar refractivity (Wildman–Crippen MR) is 115 cm³/mol. The van der Waals surface area contributed by atoms with Crippen molar-refractivity contribution in [2.24, 2.45) is 0 Å². The molecule has 4 aromatic rings. The van der Waals surface area contributed by atoms with Gasteiger partial charge in [0.05, 0.1) is 19.0 Å². The summed E-state index contributed by atoms with van der Waals surface area (Å²) in [6.45, 7) is 4.17. The second-order valence-electron chi connectivity index (χ2n) is 6.85. The molecule has 0 atom stereocenters. The summed E-state index contributed by atoms with van der Waals surface area (Å²) in [4.78, 5) is 20.1. The van der Waals surface area contributed by atoms with Crippen molar-refractivity contribution in [2.75, 3.05) is 7.11 Å². The molecule has 0 fully saturated rings. The molecule has 2 aromatic carbocycles. The van der Waals surface area contributed by atoms with E-state index in [9.17, 15) is 9.18 Å². The second kappa shape index (κ2) is 7.79. The Bertz CT molecular complexity index is 1260. The molecule has 29 heavy (non-hydrogen) atoms. The number of thiophene rings is 1. The highest BCUT2D eigenvalue weighted by atomic mass is 32.1. The summed E-state index contributed by atoms with van der Waals surface area (Å²) in [6, 6.07) is 14.0. The molecule has 148 valence electrons. The van der Waals surface area contributed by atoms with Crippen LogP contribution in [0.15, 0.2) is 53.3 Å². The lowest BCUT2D eigenvalue weighted by Crippen LogP contribution is -2.24. The molecule has 0 N–H and O–H groups in total. The van der Waals surface area contributed by atoms with E-state index in [1.165, 1.54) is 12.1 Å². The summed E-state index contributed by atoms with van der Waals surface area (Å²) in [5.41, 5.74) is 2.47. The number of rotatable bonds is 5. The molecule has 0 spiro atoms. The lowest BCUT2D eigenvalue weighted by Gasteiger charge is -2.11. The summed E-state index contributed by atoms with van der Waals surface area (Å²) >= 11 is 1.55. The van der Waals surface area contributed by atoms with Gasteiger partial charge >= 0.3 is 0 Å². The van der Waals surface area contributed by atoms with Crippen molar-refractivity contribution in [1.82, 2.24) is 9.55 Å². The first-order valence-electron chi connectivity index (χ1n) is 9.43. The van der Waals surface area contributed by atoms with E-state index < -0.39 is 0 Å². The van der Waals surface area contributed by atoms with Gasteiger partial charge in [0.15, 0.2) is 0 Å². The van der Waals surface area contributed by atoms with E-state index in [1.807, 2.05) is 37.3 Å². The minimum atomic E-state index is -0.317. The largest absolute Gasteiger partial charge is 0.497 e. The third-order valence-electron chi connectivity index (χ3n) is 4.98. The van der Waals surface area contributed by atoms with E-state index in [0.29, 0.717) is 11.2 Å². The maximum Gasteiger partial charge on any atom is 0.263 e. The summed E-state index contributed by atoms with van der Waals surface area (Å²) in [5, 5.41) is 0.613. The van der Waals surface area contributed by atoms with Gasteiger partial charge in [0.1, 0.15) is 22.2 Å². The van der Waals surface area contributed by atoms with Gasteiger partial charge < -0.3 is 4.74 Å². The lowest BCUT2D eigenvalue weighted by molar-refractivity contribution is 0.415. The van der Waals surface area contributed by atoms with Gasteiger partial charge in [-0.3, -0.25) is 9.36 Å². The van der Waals surface area contributed by atoms with Crippen molar-refractivity contribution in [3.63, 3.8) is 0 Å². The van der Waals surface area contributed by atoms with E-state index in [0.717, 1.165) is 38.6 Å². The van der Waals surface area contributed by atoms with Crippen LogP contribution in [-0.4, -0.2) is 16.7 Å². The van der Waals surface area contributed by atoms with Crippen molar-refractivity contribution in [2.45, 2.75) is 26.8 Å². The number of aryl methyl sites for hydroxylation is 2. The molecule has 0 unspecified atom stereocenters. The van der Waals surface area contributed by atoms with Crippen molar-refractivity contribution < 1.29 is 9.13 Å². The molecule has 0 amide bonds. The van der Waals surface area contributed by atoms with Crippen LogP contribution in [0.3, 0.4) is 0 Å². The van der Waals surface area contributed by atoms with Crippen LogP contribution in [0.25, 0.3) is 21.3 Å². The smallest absolute Gasteiger partial charge is 0.263 e. The fourth-order valence-corrected chi connectivity index (χ4v) is 4.74. The Hall–Kier alpha value is -2.99. The molecule has 0 radical (unpaired) electrons. The number of nitrogens with zero attached hydrogens (tertiary/aromatic N) is 2.